The number of non-ortho nitro benzene ring substituents is 1. The Morgan fingerprint density at radius 1 is 0.971 bits per heavy atom. The van der Waals surface area contributed by atoms with E-state index in [0.717, 1.165) is 0 Å². The molecule has 35 heavy (non-hydrogen) atoms. The molecule has 0 radical (unpaired) electrons. The van der Waals surface area contributed by atoms with Crippen molar-refractivity contribution in [3.63, 3.8) is 0 Å². The zero-order valence-corrected chi connectivity index (χ0v) is 18.5. The van der Waals surface area contributed by atoms with Crippen LogP contribution >= 0.6 is 0 Å². The summed E-state index contributed by atoms with van der Waals surface area (Å²) in [6.45, 7) is -0.262. The molecule has 1 aromatic carbocycles. The third-order valence-corrected chi connectivity index (χ3v) is 5.66. The molecule has 2 aliphatic rings. The number of hydrogen-bond donors (Lipinski definition) is 7. The second-order valence-corrected chi connectivity index (χ2v) is 8.11. The minimum atomic E-state index is -1.80. The Morgan fingerprint density at radius 3 is 2.09 bits per heavy atom. The number of nitro groups is 1. The van der Waals surface area contributed by atoms with Crippen LogP contribution in [0.2, 0.25) is 0 Å². The lowest BCUT2D eigenvalue weighted by Crippen LogP contribution is -2.68. The molecule has 2 heterocycles. The van der Waals surface area contributed by atoms with E-state index in [9.17, 15) is 45.5 Å². The predicted molar refractivity (Wildman–Crippen MR) is 112 cm³/mol. The molecule has 10 atom stereocenters. The number of carbonyl (C=O) groups excluding carboxylic acids is 1. The highest BCUT2D eigenvalue weighted by Crippen LogP contribution is 2.31. The highest BCUT2D eigenvalue weighted by atomic mass is 16.7. The van der Waals surface area contributed by atoms with Crippen molar-refractivity contribution >= 4 is 11.6 Å². The number of amides is 1. The van der Waals surface area contributed by atoms with Crippen LogP contribution in [0.4, 0.5) is 5.69 Å². The zero-order valence-electron chi connectivity index (χ0n) is 18.5. The van der Waals surface area contributed by atoms with Crippen molar-refractivity contribution in [2.24, 2.45) is 0 Å². The quantitative estimate of drug-likeness (QED) is 0.136. The first-order valence-corrected chi connectivity index (χ1v) is 10.7. The van der Waals surface area contributed by atoms with Crippen molar-refractivity contribution in [3.8, 4) is 5.75 Å². The van der Waals surface area contributed by atoms with Crippen LogP contribution < -0.4 is 10.1 Å². The maximum atomic E-state index is 11.9. The Balaban J connectivity index is 1.88. The van der Waals surface area contributed by atoms with Crippen LogP contribution in [-0.4, -0.2) is 116 Å². The molecular weight excluding hydrogens is 476 g/mol. The largest absolute Gasteiger partial charge is 0.463 e. The number of carbonyl (C=O) groups is 1. The fraction of sp³-hybridized carbons (Fsp3) is 0.650. The van der Waals surface area contributed by atoms with Crippen LogP contribution in [0, 0.1) is 10.1 Å². The molecule has 0 saturated carbocycles. The van der Waals surface area contributed by atoms with Gasteiger partial charge in [-0.05, 0) is 12.1 Å². The molecular formula is C20H28N2O13. The van der Waals surface area contributed by atoms with Gasteiger partial charge in [0.2, 0.25) is 12.2 Å². The average molecular weight is 504 g/mol. The Bertz CT molecular complexity index is 869. The van der Waals surface area contributed by atoms with E-state index in [-0.39, 0.29) is 11.4 Å². The van der Waals surface area contributed by atoms with E-state index in [0.29, 0.717) is 0 Å². The van der Waals surface area contributed by atoms with E-state index < -0.39 is 85.4 Å². The van der Waals surface area contributed by atoms with Gasteiger partial charge in [0, 0.05) is 19.1 Å². The van der Waals surface area contributed by atoms with Gasteiger partial charge >= 0.3 is 0 Å². The standard InChI is InChI=1S/C20H28N2O13/c1-8(25)21-13-18(35-20-17(29)16(28)14(26)11(6-23)34-20)15(27)12(7-24)33-19(13)32-10-4-2-9(3-5-10)22(30)31/h2-5,11-20,23-24,26-29H,6-7H2,1H3,(H,21,25)/t11-,12+,13+,14-,15-,16+,17+,18-,19-,20+/m0/s1. The van der Waals surface area contributed by atoms with Crippen molar-refractivity contribution in [2.75, 3.05) is 13.2 Å². The van der Waals surface area contributed by atoms with E-state index in [1.54, 1.807) is 0 Å². The zero-order chi connectivity index (χ0) is 25.9. The first-order valence-electron chi connectivity index (χ1n) is 10.7. The lowest BCUT2D eigenvalue weighted by atomic mass is 9.95. The van der Waals surface area contributed by atoms with Crippen LogP contribution in [0.15, 0.2) is 24.3 Å². The lowest BCUT2D eigenvalue weighted by Gasteiger charge is -2.47. The number of aliphatic hydroxyl groups excluding tert-OH is 6. The van der Waals surface area contributed by atoms with Gasteiger partial charge in [0.15, 0.2) is 6.29 Å². The molecule has 0 aliphatic carbocycles. The van der Waals surface area contributed by atoms with E-state index >= 15 is 0 Å². The molecule has 2 saturated heterocycles. The molecule has 15 nitrogen and oxygen atoms in total. The van der Waals surface area contributed by atoms with E-state index in [2.05, 4.69) is 5.32 Å². The van der Waals surface area contributed by atoms with Gasteiger partial charge in [-0.1, -0.05) is 0 Å². The Kier molecular flexibility index (Phi) is 8.92. The maximum Gasteiger partial charge on any atom is 0.269 e. The highest BCUT2D eigenvalue weighted by molar-refractivity contribution is 5.73. The van der Waals surface area contributed by atoms with Crippen molar-refractivity contribution in [2.45, 2.75) is 68.3 Å². The molecule has 0 bridgehead atoms. The topological polar surface area (TPSA) is 231 Å². The van der Waals surface area contributed by atoms with Gasteiger partial charge in [0.25, 0.3) is 5.69 Å². The Hall–Kier alpha value is -2.47. The highest BCUT2D eigenvalue weighted by Gasteiger charge is 2.52. The lowest BCUT2D eigenvalue weighted by molar-refractivity contribution is -0.384. The summed E-state index contributed by atoms with van der Waals surface area (Å²) in [6.07, 6.45) is -13.9. The molecule has 15 heteroatoms. The maximum absolute atomic E-state index is 11.9. The van der Waals surface area contributed by atoms with Crippen LogP contribution in [0.1, 0.15) is 6.92 Å². The summed E-state index contributed by atoms with van der Waals surface area (Å²) < 4.78 is 22.3. The molecule has 0 spiro atoms. The van der Waals surface area contributed by atoms with Crippen molar-refractivity contribution < 1.29 is 59.3 Å². The molecule has 1 amide bonds. The van der Waals surface area contributed by atoms with Gasteiger partial charge in [-0.15, -0.1) is 0 Å². The molecule has 196 valence electrons. The van der Waals surface area contributed by atoms with Crippen LogP contribution in [0.25, 0.3) is 0 Å². The SMILES string of the molecule is CC(=O)N[C@H]1[C@@H](Oc2ccc([N+](=O)[O-])cc2)O[C@H](CO)[C@H](O)[C@H]1O[C@H]1O[C@@H](CO)[C@H](O)[C@@H](O)[C@H]1O. The van der Waals surface area contributed by atoms with Crippen LogP contribution in [0.3, 0.4) is 0 Å². The minimum Gasteiger partial charge on any atom is -0.463 e. The van der Waals surface area contributed by atoms with Gasteiger partial charge < -0.3 is 54.9 Å². The van der Waals surface area contributed by atoms with E-state index in [1.807, 2.05) is 0 Å². The summed E-state index contributed by atoms with van der Waals surface area (Å²) >= 11 is 0. The summed E-state index contributed by atoms with van der Waals surface area (Å²) in [5.41, 5.74) is -0.201. The number of hydrogen-bond acceptors (Lipinski definition) is 13. The monoisotopic (exact) mass is 504 g/mol. The summed E-state index contributed by atoms with van der Waals surface area (Å²) in [7, 11) is 0. The number of ether oxygens (including phenoxy) is 4. The Morgan fingerprint density at radius 2 is 1.54 bits per heavy atom. The minimum absolute atomic E-state index is 0.0932. The fourth-order valence-electron chi connectivity index (χ4n) is 3.83. The van der Waals surface area contributed by atoms with Crippen molar-refractivity contribution in [1.82, 2.24) is 5.32 Å². The van der Waals surface area contributed by atoms with E-state index in [1.165, 1.54) is 31.2 Å². The first-order chi connectivity index (χ1) is 16.6. The number of nitro benzene ring substituents is 1. The molecule has 0 unspecified atom stereocenters. The fourth-order valence-corrected chi connectivity index (χ4v) is 3.83. The molecule has 1 aromatic rings. The number of aliphatic hydroxyl groups is 6. The number of benzene rings is 1. The Labute approximate surface area is 198 Å². The molecule has 2 fully saturated rings. The molecule has 0 aromatic heterocycles. The number of nitrogens with zero attached hydrogens (tertiary/aromatic N) is 1. The van der Waals surface area contributed by atoms with Crippen molar-refractivity contribution in [3.05, 3.63) is 34.4 Å². The van der Waals surface area contributed by atoms with Gasteiger partial charge in [-0.2, -0.15) is 0 Å². The third-order valence-electron chi connectivity index (χ3n) is 5.66. The van der Waals surface area contributed by atoms with Crippen LogP contribution in [0.5, 0.6) is 5.75 Å². The summed E-state index contributed by atoms with van der Waals surface area (Å²) in [6, 6.07) is 3.63. The second kappa shape index (κ2) is 11.5. The van der Waals surface area contributed by atoms with E-state index in [4.69, 9.17) is 18.9 Å². The number of rotatable bonds is 8. The molecule has 2 aliphatic heterocycles. The first kappa shape index (κ1) is 27.1. The van der Waals surface area contributed by atoms with Gasteiger partial charge in [-0.3, -0.25) is 14.9 Å². The predicted octanol–water partition coefficient (Wildman–Crippen LogP) is -3.26. The number of nitrogens with one attached hydrogen (secondary N) is 1. The van der Waals surface area contributed by atoms with Crippen molar-refractivity contribution in [1.29, 1.82) is 0 Å². The average Bonchev–Trinajstić information content (AvgIpc) is 2.82. The van der Waals surface area contributed by atoms with Gasteiger partial charge in [0.05, 0.1) is 18.1 Å². The summed E-state index contributed by atoms with van der Waals surface area (Å²) in [5.74, 6) is -0.497. The summed E-state index contributed by atoms with van der Waals surface area (Å²) in [5, 5.41) is 73.6. The van der Waals surface area contributed by atoms with Crippen LogP contribution in [-0.2, 0) is 19.0 Å². The molecule has 7 N–H and O–H groups in total. The van der Waals surface area contributed by atoms with Gasteiger partial charge in [0.1, 0.15) is 54.5 Å². The summed E-state index contributed by atoms with van der Waals surface area (Å²) in [4.78, 5) is 22.2. The molecule has 3 rings (SSSR count). The second-order valence-electron chi connectivity index (χ2n) is 8.11. The smallest absolute Gasteiger partial charge is 0.269 e. The third kappa shape index (κ3) is 6.03. The normalized spacial score (nSPS) is 37.5. The van der Waals surface area contributed by atoms with Gasteiger partial charge in [-0.25, -0.2) is 0 Å².